The van der Waals surface area contributed by atoms with Crippen LogP contribution < -0.4 is 4.90 Å². The van der Waals surface area contributed by atoms with Gasteiger partial charge in [0.1, 0.15) is 6.07 Å². The molecule has 1 aromatic heterocycles. The molecule has 242 valence electrons. The van der Waals surface area contributed by atoms with E-state index in [9.17, 15) is 5.26 Å². The van der Waals surface area contributed by atoms with Crippen molar-refractivity contribution in [3.63, 3.8) is 0 Å². The number of hydrogen-bond donors (Lipinski definition) is 0. The number of benzene rings is 8. The van der Waals surface area contributed by atoms with E-state index in [1.165, 1.54) is 0 Å². The zero-order valence-corrected chi connectivity index (χ0v) is 28.1. The molecule has 0 aliphatic heterocycles. The van der Waals surface area contributed by atoms with Crippen LogP contribution in [0.5, 0.6) is 0 Å². The van der Waals surface area contributed by atoms with E-state index in [0.717, 1.165) is 66.2 Å². The minimum atomic E-state index is 0.447. The molecule has 0 bridgehead atoms. The van der Waals surface area contributed by atoms with Crippen LogP contribution in [0.1, 0.15) is 5.56 Å². The lowest BCUT2D eigenvalue weighted by Gasteiger charge is -2.30. The Labute approximate surface area is 302 Å². The summed E-state index contributed by atoms with van der Waals surface area (Å²) in [6.07, 6.45) is 0. The van der Waals surface area contributed by atoms with Gasteiger partial charge in [0.05, 0.1) is 34.5 Å². The van der Waals surface area contributed by atoms with Gasteiger partial charge in [-0.05, 0) is 81.6 Å². The minimum absolute atomic E-state index is 0.447. The molecule has 4 nitrogen and oxygen atoms in total. The highest BCUT2D eigenvalue weighted by Crippen LogP contribution is 2.48. The molecule has 9 aromatic rings. The Balaban J connectivity index is 1.40. The Morgan fingerprint density at radius 1 is 0.500 bits per heavy atom. The first-order valence-corrected chi connectivity index (χ1v) is 17.2. The summed E-state index contributed by atoms with van der Waals surface area (Å²) < 4.78 is 2.19. The van der Waals surface area contributed by atoms with Crippen molar-refractivity contribution in [2.24, 2.45) is 0 Å². The van der Waals surface area contributed by atoms with E-state index in [2.05, 4.69) is 148 Å². The van der Waals surface area contributed by atoms with Gasteiger partial charge in [0, 0.05) is 22.1 Å². The maximum atomic E-state index is 10.8. The standard InChI is InChI=1S/C48H30N4/c1-50-44-26-22-39(32-49)47(48(44)51(40-19-9-4-10-20-40)41-25-21-35-17-11-12-18-36(35)29-41)52-45-27-23-37(33-13-5-2-6-14-33)30-42(45)43-31-38(24-28-46(43)52)34-15-7-3-8-16-34/h2-31H. The van der Waals surface area contributed by atoms with E-state index in [4.69, 9.17) is 6.57 Å². The number of fused-ring (bicyclic) bond motifs is 4. The van der Waals surface area contributed by atoms with Gasteiger partial charge in [-0.1, -0.05) is 133 Å². The smallest absolute Gasteiger partial charge is 0.212 e. The zero-order valence-electron chi connectivity index (χ0n) is 28.1. The van der Waals surface area contributed by atoms with E-state index >= 15 is 0 Å². The Hall–Kier alpha value is -7.40. The number of anilines is 3. The first kappa shape index (κ1) is 30.6. The molecule has 0 aliphatic carbocycles. The summed E-state index contributed by atoms with van der Waals surface area (Å²) in [6, 6.07) is 64.7. The second-order valence-corrected chi connectivity index (χ2v) is 12.8. The molecule has 0 amide bonds. The second-order valence-electron chi connectivity index (χ2n) is 12.8. The molecule has 0 radical (unpaired) electrons. The average molecular weight is 663 g/mol. The third kappa shape index (κ3) is 5.15. The highest BCUT2D eigenvalue weighted by molar-refractivity contribution is 6.13. The molecule has 0 unspecified atom stereocenters. The Morgan fingerprint density at radius 3 is 1.63 bits per heavy atom. The van der Waals surface area contributed by atoms with E-state index < -0.39 is 0 Å². The van der Waals surface area contributed by atoms with Crippen molar-refractivity contribution in [2.45, 2.75) is 0 Å². The molecule has 1 heterocycles. The lowest BCUT2D eigenvalue weighted by molar-refractivity contribution is 1.14. The van der Waals surface area contributed by atoms with Crippen LogP contribution in [0.3, 0.4) is 0 Å². The van der Waals surface area contributed by atoms with Gasteiger partial charge in [0.15, 0.2) is 0 Å². The van der Waals surface area contributed by atoms with Crippen LogP contribution in [0.15, 0.2) is 182 Å². The third-order valence-electron chi connectivity index (χ3n) is 9.80. The van der Waals surface area contributed by atoms with E-state index in [1.54, 1.807) is 12.1 Å². The van der Waals surface area contributed by atoms with Crippen molar-refractivity contribution in [3.8, 4) is 34.0 Å². The van der Waals surface area contributed by atoms with Crippen molar-refractivity contribution in [1.82, 2.24) is 4.57 Å². The summed E-state index contributed by atoms with van der Waals surface area (Å²) in [4.78, 5) is 6.23. The van der Waals surface area contributed by atoms with Crippen LogP contribution in [0, 0.1) is 17.9 Å². The highest BCUT2D eigenvalue weighted by Gasteiger charge is 2.27. The Morgan fingerprint density at radius 2 is 1.06 bits per heavy atom. The number of hydrogen-bond acceptors (Lipinski definition) is 2. The average Bonchev–Trinajstić information content (AvgIpc) is 3.54. The van der Waals surface area contributed by atoms with Gasteiger partial charge in [-0.3, -0.25) is 0 Å². The molecule has 0 atom stereocenters. The molecule has 0 saturated heterocycles. The fourth-order valence-electron chi connectivity index (χ4n) is 7.38. The van der Waals surface area contributed by atoms with Crippen molar-refractivity contribution in [3.05, 3.63) is 199 Å². The van der Waals surface area contributed by atoms with Crippen LogP contribution in [-0.2, 0) is 0 Å². The Kier molecular flexibility index (Phi) is 7.55. The predicted octanol–water partition coefficient (Wildman–Crippen LogP) is 13.2. The topological polar surface area (TPSA) is 36.3 Å². The number of rotatable bonds is 6. The minimum Gasteiger partial charge on any atom is -0.318 e. The second kappa shape index (κ2) is 12.8. The molecule has 0 fully saturated rings. The maximum absolute atomic E-state index is 10.8. The van der Waals surface area contributed by atoms with Crippen molar-refractivity contribution >= 4 is 55.3 Å². The monoisotopic (exact) mass is 662 g/mol. The molecular formula is C48H30N4. The van der Waals surface area contributed by atoms with Gasteiger partial charge in [-0.15, -0.1) is 0 Å². The SMILES string of the molecule is [C-]#[N+]c1ccc(C#N)c(-n2c3ccc(-c4ccccc4)cc3c3cc(-c4ccccc4)ccc32)c1N(c1ccccc1)c1ccc2ccccc2c1. The van der Waals surface area contributed by atoms with Crippen molar-refractivity contribution in [2.75, 3.05) is 4.90 Å². The van der Waals surface area contributed by atoms with Crippen LogP contribution in [0.25, 0.3) is 65.4 Å². The van der Waals surface area contributed by atoms with E-state index in [1.807, 2.05) is 42.5 Å². The summed E-state index contributed by atoms with van der Waals surface area (Å²) >= 11 is 0. The quantitative estimate of drug-likeness (QED) is 0.166. The lowest BCUT2D eigenvalue weighted by atomic mass is 10.0. The van der Waals surface area contributed by atoms with Gasteiger partial charge in [-0.25, -0.2) is 4.85 Å². The zero-order chi connectivity index (χ0) is 35.0. The van der Waals surface area contributed by atoms with Crippen molar-refractivity contribution in [1.29, 1.82) is 5.26 Å². The number of para-hydroxylation sites is 1. The van der Waals surface area contributed by atoms with Gasteiger partial charge in [-0.2, -0.15) is 5.26 Å². The molecular weight excluding hydrogens is 633 g/mol. The lowest BCUT2D eigenvalue weighted by Crippen LogP contribution is -2.14. The van der Waals surface area contributed by atoms with E-state index in [-0.39, 0.29) is 0 Å². The van der Waals surface area contributed by atoms with Crippen LogP contribution in [0.2, 0.25) is 0 Å². The number of nitrogens with zero attached hydrogens (tertiary/aromatic N) is 4. The third-order valence-corrected chi connectivity index (χ3v) is 9.80. The normalized spacial score (nSPS) is 11.0. The summed E-state index contributed by atoms with van der Waals surface area (Å²) in [5.74, 6) is 0. The van der Waals surface area contributed by atoms with Gasteiger partial charge in [0.25, 0.3) is 0 Å². The molecule has 52 heavy (non-hydrogen) atoms. The predicted molar refractivity (Wildman–Crippen MR) is 215 cm³/mol. The summed E-state index contributed by atoms with van der Waals surface area (Å²) in [5, 5.41) is 15.2. The summed E-state index contributed by atoms with van der Waals surface area (Å²) in [7, 11) is 0. The van der Waals surface area contributed by atoms with Crippen LogP contribution in [-0.4, -0.2) is 4.57 Å². The molecule has 8 aromatic carbocycles. The van der Waals surface area contributed by atoms with Crippen molar-refractivity contribution < 1.29 is 0 Å². The fourth-order valence-corrected chi connectivity index (χ4v) is 7.38. The van der Waals surface area contributed by atoms with Gasteiger partial charge in [0.2, 0.25) is 5.69 Å². The first-order valence-electron chi connectivity index (χ1n) is 17.2. The molecule has 4 heteroatoms. The van der Waals surface area contributed by atoms with Gasteiger partial charge < -0.3 is 9.47 Å². The van der Waals surface area contributed by atoms with Gasteiger partial charge >= 0.3 is 0 Å². The molecule has 0 saturated carbocycles. The molecule has 0 aliphatic rings. The summed E-state index contributed by atoms with van der Waals surface area (Å²) in [6.45, 7) is 8.46. The van der Waals surface area contributed by atoms with Crippen LogP contribution >= 0.6 is 0 Å². The molecule has 0 spiro atoms. The molecule has 9 rings (SSSR count). The largest absolute Gasteiger partial charge is 0.318 e. The maximum Gasteiger partial charge on any atom is 0.212 e. The summed E-state index contributed by atoms with van der Waals surface area (Å²) in [5.41, 5.74) is 10.4. The Bertz CT molecular complexity index is 2760. The van der Waals surface area contributed by atoms with Crippen LogP contribution in [0.4, 0.5) is 22.7 Å². The van der Waals surface area contributed by atoms with E-state index in [0.29, 0.717) is 22.6 Å². The number of aromatic nitrogens is 1. The highest BCUT2D eigenvalue weighted by atomic mass is 15.2. The molecule has 0 N–H and O–H groups in total. The number of nitriles is 1. The fraction of sp³-hybridized carbons (Fsp3) is 0. The first-order chi connectivity index (χ1) is 25.7.